The van der Waals surface area contributed by atoms with Crippen molar-refractivity contribution in [2.45, 2.75) is 108 Å². The highest BCUT2D eigenvalue weighted by molar-refractivity contribution is 6.01. The van der Waals surface area contributed by atoms with Gasteiger partial charge in [-0.1, -0.05) is 64.8 Å². The number of hydrogen-bond donors (Lipinski definition) is 0. The van der Waals surface area contributed by atoms with E-state index in [2.05, 4.69) is 48.5 Å². The van der Waals surface area contributed by atoms with E-state index < -0.39 is 0 Å². The van der Waals surface area contributed by atoms with E-state index in [9.17, 15) is 13.6 Å². The van der Waals surface area contributed by atoms with Gasteiger partial charge in [0.1, 0.15) is 11.5 Å². The van der Waals surface area contributed by atoms with Crippen LogP contribution in [0, 0.1) is 24.6 Å². The Hall–Kier alpha value is -3.45. The number of nitrogens with zero attached hydrogens (tertiary/aromatic N) is 4. The van der Waals surface area contributed by atoms with Crippen molar-refractivity contribution < 1.29 is 13.6 Å². The molecule has 3 aromatic rings. The van der Waals surface area contributed by atoms with Crippen LogP contribution in [0.1, 0.15) is 111 Å². The lowest BCUT2D eigenvalue weighted by Gasteiger charge is -2.26. The number of hydrogen-bond acceptors (Lipinski definition) is 4. The van der Waals surface area contributed by atoms with Gasteiger partial charge in [-0.25, -0.2) is 14.1 Å². The molecule has 0 radical (unpaired) electrons. The van der Waals surface area contributed by atoms with E-state index in [-0.39, 0.29) is 11.8 Å². The summed E-state index contributed by atoms with van der Waals surface area (Å²) in [6.45, 7) is 27.9. The average molecular weight is 653 g/mol. The monoisotopic (exact) mass is 652 g/mol. The normalized spacial score (nSPS) is 14.2. The maximum absolute atomic E-state index is 13.8. The van der Waals surface area contributed by atoms with Gasteiger partial charge < -0.3 is 4.90 Å². The van der Waals surface area contributed by atoms with Crippen molar-refractivity contribution >= 4 is 22.9 Å². The minimum atomic E-state index is -0.251. The van der Waals surface area contributed by atoms with Crippen LogP contribution in [0.2, 0.25) is 0 Å². The van der Waals surface area contributed by atoms with Crippen molar-refractivity contribution in [1.82, 2.24) is 14.7 Å². The molecule has 0 aliphatic carbocycles. The van der Waals surface area contributed by atoms with Gasteiger partial charge in [0.15, 0.2) is 6.29 Å². The lowest BCUT2D eigenvalue weighted by Crippen LogP contribution is -2.30. The first-order valence-electron chi connectivity index (χ1n) is 17.0. The Bertz CT molecular complexity index is 1450. The van der Waals surface area contributed by atoms with Crippen LogP contribution in [0.5, 0.6) is 0 Å². The fourth-order valence-electron chi connectivity index (χ4n) is 4.89. The highest BCUT2D eigenvalue weighted by Crippen LogP contribution is 2.22. The van der Waals surface area contributed by atoms with Crippen molar-refractivity contribution in [3.63, 3.8) is 0 Å². The Morgan fingerprint density at radius 2 is 1.68 bits per heavy atom. The Morgan fingerprint density at radius 3 is 2.13 bits per heavy atom. The molecule has 2 heterocycles. The lowest BCUT2D eigenvalue weighted by molar-refractivity contribution is -0.105. The van der Waals surface area contributed by atoms with Crippen LogP contribution in [0.15, 0.2) is 58.7 Å². The number of aldehydes is 1. The second-order valence-corrected chi connectivity index (χ2v) is 12.6. The number of aryl methyl sites for hydroxylation is 4. The Balaban J connectivity index is 0.000000658. The molecule has 1 saturated heterocycles. The maximum Gasteiger partial charge on any atom is 0.219 e. The molecule has 0 amide bonds. The summed E-state index contributed by atoms with van der Waals surface area (Å²) in [6.07, 6.45) is 6.13. The summed E-state index contributed by atoms with van der Waals surface area (Å²) >= 11 is 0. The van der Waals surface area contributed by atoms with Crippen LogP contribution >= 0.6 is 0 Å². The number of benzene rings is 2. The summed E-state index contributed by atoms with van der Waals surface area (Å²) in [4.78, 5) is 17.5. The van der Waals surface area contributed by atoms with Crippen LogP contribution in [0.25, 0.3) is 10.9 Å². The van der Waals surface area contributed by atoms with E-state index in [1.54, 1.807) is 20.0 Å². The molecule has 1 unspecified atom stereocenters. The summed E-state index contributed by atoms with van der Waals surface area (Å²) in [6, 6.07) is 9.06. The predicted molar refractivity (Wildman–Crippen MR) is 200 cm³/mol. The van der Waals surface area contributed by atoms with Gasteiger partial charge in [-0.15, -0.1) is 6.58 Å². The molecule has 2 aromatic carbocycles. The number of carbonyl (C=O) groups excluding carboxylic acids is 1. The number of aliphatic imine (C=N–C) groups is 1. The molecule has 1 fully saturated rings. The second-order valence-electron chi connectivity index (χ2n) is 12.6. The largest absolute Gasteiger partial charge is 0.306 e. The third kappa shape index (κ3) is 15.8. The van der Waals surface area contributed by atoms with Crippen LogP contribution < -0.4 is 0 Å². The first kappa shape index (κ1) is 43.5. The van der Waals surface area contributed by atoms with Crippen molar-refractivity contribution in [1.29, 1.82) is 0 Å². The lowest BCUT2D eigenvalue weighted by atomic mass is 10.0. The van der Waals surface area contributed by atoms with Crippen molar-refractivity contribution in [3.05, 3.63) is 87.8 Å². The van der Waals surface area contributed by atoms with Gasteiger partial charge in [0.25, 0.3) is 0 Å². The number of aromatic nitrogens is 2. The molecule has 1 aliphatic heterocycles. The number of halogens is 2. The molecule has 1 aromatic heterocycles. The van der Waals surface area contributed by atoms with Gasteiger partial charge in [-0.3, -0.25) is 4.79 Å². The molecule has 0 N–H and O–H groups in total. The number of allylic oxidation sites excluding steroid dienone is 3. The molecule has 4 rings (SSSR count). The highest BCUT2D eigenvalue weighted by Gasteiger charge is 2.12. The Kier molecular flexibility index (Phi) is 21.3. The number of carbonyl (C=O) groups is 1. The number of likely N-dealkylation sites (tertiary alicyclic amines) is 1. The molecule has 0 spiro atoms. The zero-order valence-corrected chi connectivity index (χ0v) is 31.7. The fraction of sp³-hybridized carbons (Fsp3) is 0.525. The summed E-state index contributed by atoms with van der Waals surface area (Å²) in [5.41, 5.74) is 7.44. The van der Waals surface area contributed by atoms with E-state index in [1.807, 2.05) is 67.5 Å². The molecular formula is C40H62F2N4O. The van der Waals surface area contributed by atoms with Crippen molar-refractivity contribution in [3.8, 4) is 0 Å². The molecule has 0 saturated carbocycles. The summed E-state index contributed by atoms with van der Waals surface area (Å²) in [5, 5.41) is 4.76. The van der Waals surface area contributed by atoms with Crippen molar-refractivity contribution in [2.75, 3.05) is 20.1 Å². The number of rotatable bonds is 6. The van der Waals surface area contributed by atoms with Gasteiger partial charge in [-0.05, 0) is 127 Å². The Labute approximate surface area is 284 Å². The van der Waals surface area contributed by atoms with Crippen LogP contribution in [0.3, 0.4) is 0 Å². The highest BCUT2D eigenvalue weighted by atomic mass is 19.1. The second kappa shape index (κ2) is 23.0. The smallest absolute Gasteiger partial charge is 0.219 e. The third-order valence-corrected chi connectivity index (χ3v) is 7.29. The molecule has 5 nitrogen and oxygen atoms in total. The first-order chi connectivity index (χ1) is 22.1. The topological polar surface area (TPSA) is 50.5 Å². The average Bonchev–Trinajstić information content (AvgIpc) is 3.31. The van der Waals surface area contributed by atoms with Crippen LogP contribution in [-0.4, -0.2) is 46.8 Å². The minimum Gasteiger partial charge on any atom is -0.306 e. The summed E-state index contributed by atoms with van der Waals surface area (Å²) < 4.78 is 28.7. The molecule has 7 heteroatoms. The van der Waals surface area contributed by atoms with Gasteiger partial charge in [0, 0.05) is 19.3 Å². The summed E-state index contributed by atoms with van der Waals surface area (Å²) in [5.74, 6) is 0.478. The molecule has 1 aliphatic rings. The molecule has 262 valence electrons. The zero-order chi connectivity index (χ0) is 36.3. The minimum absolute atomic E-state index is 0.209. The van der Waals surface area contributed by atoms with E-state index in [4.69, 9.17) is 0 Å². The molecular weight excluding hydrogens is 590 g/mol. The quantitative estimate of drug-likeness (QED) is 0.115. The number of fused-ring (bicyclic) bond motifs is 1. The zero-order valence-electron chi connectivity index (χ0n) is 31.7. The molecule has 47 heavy (non-hydrogen) atoms. The maximum atomic E-state index is 13.8. The third-order valence-electron chi connectivity index (χ3n) is 7.29. The fourth-order valence-corrected chi connectivity index (χ4v) is 4.89. The van der Waals surface area contributed by atoms with E-state index in [1.165, 1.54) is 42.3 Å². The Morgan fingerprint density at radius 1 is 1.06 bits per heavy atom. The SMILES string of the molecule is C=C(C)C.CC.CC1CCCN(C)C1.CCCc1ccc(C(C)=NC(C=O)=C(C)C)cc1F.CCc1cc(C)c2nn(C)c(F)c2c1. The number of piperidine rings is 1. The van der Waals surface area contributed by atoms with Gasteiger partial charge >= 0.3 is 0 Å². The van der Waals surface area contributed by atoms with E-state index >= 15 is 0 Å². The van der Waals surface area contributed by atoms with Crippen LogP contribution in [0.4, 0.5) is 8.78 Å². The van der Waals surface area contributed by atoms with E-state index in [0.29, 0.717) is 22.4 Å². The van der Waals surface area contributed by atoms with Gasteiger partial charge in [0.05, 0.1) is 10.9 Å². The molecule has 1 atom stereocenters. The van der Waals surface area contributed by atoms with E-state index in [0.717, 1.165) is 59.2 Å². The standard InChI is InChI=1S/C16H20FNO.C11H13FN2.C7H15N.C4H8.C2H6/c1-5-6-13-7-8-14(9-15(13)17)12(4)18-16(10-19)11(2)3;1-4-8-5-7(2)10-9(6-8)11(12)14(3)13-10;1-7-4-3-5-8(2)6-7;1-4(2)3;1-2/h7-10H,5-6H2,1-4H3;5-6H,4H2,1-3H3;7H,3-6H2,1-2H3;1H2,2-3H3;1-2H3. The summed E-state index contributed by atoms with van der Waals surface area (Å²) in [7, 11) is 3.83. The van der Waals surface area contributed by atoms with Crippen LogP contribution in [-0.2, 0) is 24.7 Å². The van der Waals surface area contributed by atoms with Crippen molar-refractivity contribution in [2.24, 2.45) is 18.0 Å². The van der Waals surface area contributed by atoms with Gasteiger partial charge in [-0.2, -0.15) is 9.49 Å². The predicted octanol–water partition coefficient (Wildman–Crippen LogP) is 10.6. The first-order valence-corrected chi connectivity index (χ1v) is 17.0. The molecule has 0 bridgehead atoms. The van der Waals surface area contributed by atoms with Gasteiger partial charge in [0.2, 0.25) is 5.95 Å².